The summed E-state index contributed by atoms with van der Waals surface area (Å²) in [7, 11) is 0. The third kappa shape index (κ3) is 5.37. The SMILES string of the molecule is Cc1cc(OCC(O)CCc2c[n+](-c3ccc(C(C)(C)C)cc3)cc3cc(=O)[nH]n23)ccc1F. The molecule has 0 aliphatic heterocycles. The number of nitrogens with one attached hydrogen (secondary N) is 1. The molecule has 0 amide bonds. The van der Waals surface area contributed by atoms with Crippen molar-refractivity contribution < 1.29 is 18.8 Å². The topological polar surface area (TPSA) is 70.6 Å². The van der Waals surface area contributed by atoms with Gasteiger partial charge in [-0.3, -0.25) is 9.89 Å². The third-order valence-electron chi connectivity index (χ3n) is 5.94. The Bertz CT molecular complexity index is 1350. The summed E-state index contributed by atoms with van der Waals surface area (Å²) in [6.45, 7) is 8.30. The molecule has 4 rings (SSSR count). The van der Waals surface area contributed by atoms with Crippen LogP contribution < -0.4 is 14.9 Å². The van der Waals surface area contributed by atoms with Crippen LogP contribution in [0.25, 0.3) is 11.2 Å². The predicted molar refractivity (Wildman–Crippen MR) is 129 cm³/mol. The van der Waals surface area contributed by atoms with Crippen LogP contribution in [0.1, 0.15) is 44.0 Å². The normalized spacial score (nSPS) is 12.8. The number of hydrogen-bond donors (Lipinski definition) is 2. The van der Waals surface area contributed by atoms with Gasteiger partial charge in [0.15, 0.2) is 6.20 Å². The number of aliphatic hydroxyl groups excluding tert-OH is 1. The molecule has 34 heavy (non-hydrogen) atoms. The molecule has 2 N–H and O–H groups in total. The molecule has 2 heterocycles. The zero-order chi connectivity index (χ0) is 24.5. The van der Waals surface area contributed by atoms with Crippen molar-refractivity contribution in [2.45, 2.75) is 52.1 Å². The number of halogens is 1. The summed E-state index contributed by atoms with van der Waals surface area (Å²) in [6, 6.07) is 14.4. The van der Waals surface area contributed by atoms with Crippen molar-refractivity contribution in [2.24, 2.45) is 0 Å². The van der Waals surface area contributed by atoms with Crippen LogP contribution in [-0.4, -0.2) is 27.4 Å². The summed E-state index contributed by atoms with van der Waals surface area (Å²) in [4.78, 5) is 12.0. The molecular formula is C27H31FN3O3+. The molecular weight excluding hydrogens is 433 g/mol. The number of aromatic amines is 1. The molecule has 7 heteroatoms. The van der Waals surface area contributed by atoms with E-state index in [-0.39, 0.29) is 23.4 Å². The van der Waals surface area contributed by atoms with Crippen LogP contribution in [0.2, 0.25) is 0 Å². The van der Waals surface area contributed by atoms with Crippen LogP contribution in [0.5, 0.6) is 5.75 Å². The van der Waals surface area contributed by atoms with Gasteiger partial charge in [-0.2, -0.15) is 4.57 Å². The molecule has 2 aromatic heterocycles. The van der Waals surface area contributed by atoms with Gasteiger partial charge in [-0.05, 0) is 54.5 Å². The first-order valence-electron chi connectivity index (χ1n) is 11.4. The van der Waals surface area contributed by atoms with Crippen LogP contribution in [-0.2, 0) is 11.8 Å². The molecule has 0 radical (unpaired) electrons. The standard InChI is InChI=1S/C27H30FN3O3/c1-18-13-24(11-12-25(18)28)34-17-23(32)10-9-21-15-30(16-22-14-26(33)29-31(21)22)20-7-5-19(6-8-20)27(2,3)4/h5-8,11-16,23,32H,9-10,17H2,1-4H3/p+1. The molecule has 178 valence electrons. The zero-order valence-corrected chi connectivity index (χ0v) is 20.0. The van der Waals surface area contributed by atoms with Crippen molar-refractivity contribution >= 4 is 5.52 Å². The maximum atomic E-state index is 13.4. The van der Waals surface area contributed by atoms with Crippen molar-refractivity contribution in [3.63, 3.8) is 0 Å². The van der Waals surface area contributed by atoms with Crippen molar-refractivity contribution in [1.29, 1.82) is 0 Å². The molecule has 0 saturated heterocycles. The first-order chi connectivity index (χ1) is 16.1. The summed E-state index contributed by atoms with van der Waals surface area (Å²) in [5.41, 5.74) is 4.22. The second kappa shape index (κ2) is 9.43. The van der Waals surface area contributed by atoms with Gasteiger partial charge in [0.2, 0.25) is 11.9 Å². The van der Waals surface area contributed by atoms with E-state index in [9.17, 15) is 14.3 Å². The summed E-state index contributed by atoms with van der Waals surface area (Å²) in [6.07, 6.45) is 4.11. The van der Waals surface area contributed by atoms with E-state index in [1.807, 2.05) is 17.0 Å². The van der Waals surface area contributed by atoms with E-state index in [2.05, 4.69) is 50.1 Å². The maximum absolute atomic E-state index is 13.4. The highest BCUT2D eigenvalue weighted by Gasteiger charge is 2.18. The Morgan fingerprint density at radius 3 is 2.53 bits per heavy atom. The number of ether oxygens (including phenoxy) is 1. The average molecular weight is 465 g/mol. The number of aliphatic hydroxyl groups is 1. The fourth-order valence-corrected chi connectivity index (χ4v) is 3.89. The second-order valence-electron chi connectivity index (χ2n) is 9.75. The van der Waals surface area contributed by atoms with Crippen LogP contribution in [0, 0.1) is 12.7 Å². The van der Waals surface area contributed by atoms with E-state index in [4.69, 9.17) is 4.74 Å². The number of hydrogen-bond acceptors (Lipinski definition) is 3. The summed E-state index contributed by atoms with van der Waals surface area (Å²) < 4.78 is 22.8. The fourth-order valence-electron chi connectivity index (χ4n) is 3.89. The number of H-pyrrole nitrogens is 1. The van der Waals surface area contributed by atoms with Crippen LogP contribution in [0.15, 0.2) is 65.7 Å². The number of benzene rings is 2. The van der Waals surface area contributed by atoms with Gasteiger partial charge >= 0.3 is 0 Å². The van der Waals surface area contributed by atoms with Crippen LogP contribution >= 0.6 is 0 Å². The summed E-state index contributed by atoms with van der Waals surface area (Å²) in [5.74, 6) is 0.231. The van der Waals surface area contributed by atoms with Crippen LogP contribution in [0.4, 0.5) is 4.39 Å². The molecule has 0 bridgehead atoms. The zero-order valence-electron chi connectivity index (χ0n) is 20.0. The highest BCUT2D eigenvalue weighted by atomic mass is 19.1. The van der Waals surface area contributed by atoms with Gasteiger partial charge in [-0.15, -0.1) is 0 Å². The largest absolute Gasteiger partial charge is 0.491 e. The molecule has 2 aromatic carbocycles. The smallest absolute Gasteiger partial charge is 0.265 e. The first kappa shape index (κ1) is 23.7. The van der Waals surface area contributed by atoms with E-state index in [1.165, 1.54) is 11.6 Å². The molecule has 4 aromatic rings. The van der Waals surface area contributed by atoms with E-state index in [0.29, 0.717) is 24.2 Å². The van der Waals surface area contributed by atoms with Crippen LogP contribution in [0.3, 0.4) is 0 Å². The third-order valence-corrected chi connectivity index (χ3v) is 5.94. The molecule has 0 aliphatic rings. The van der Waals surface area contributed by atoms with Gasteiger partial charge in [0.1, 0.15) is 29.4 Å². The van der Waals surface area contributed by atoms with Crippen molar-refractivity contribution in [3.05, 3.63) is 93.9 Å². The number of fused-ring (bicyclic) bond motifs is 1. The lowest BCUT2D eigenvalue weighted by Crippen LogP contribution is -2.32. The number of nitrogens with zero attached hydrogens (tertiary/aromatic N) is 2. The lowest BCUT2D eigenvalue weighted by molar-refractivity contribution is -0.595. The number of rotatable bonds is 7. The molecule has 0 aliphatic carbocycles. The Hall–Kier alpha value is -3.45. The Kier molecular flexibility index (Phi) is 6.57. The van der Waals surface area contributed by atoms with E-state index < -0.39 is 6.10 Å². The minimum atomic E-state index is -0.720. The summed E-state index contributed by atoms with van der Waals surface area (Å²) in [5, 5.41) is 13.3. The average Bonchev–Trinajstić information content (AvgIpc) is 3.18. The van der Waals surface area contributed by atoms with E-state index in [0.717, 1.165) is 16.9 Å². The Labute approximate surface area is 198 Å². The number of aromatic nitrogens is 3. The summed E-state index contributed by atoms with van der Waals surface area (Å²) >= 11 is 0. The minimum Gasteiger partial charge on any atom is -0.491 e. The Balaban J connectivity index is 1.51. The quantitative estimate of drug-likeness (QED) is 0.406. The Morgan fingerprint density at radius 2 is 1.85 bits per heavy atom. The molecule has 6 nitrogen and oxygen atoms in total. The first-order valence-corrected chi connectivity index (χ1v) is 11.4. The molecule has 1 unspecified atom stereocenters. The lowest BCUT2D eigenvalue weighted by Gasteiger charge is -2.18. The molecule has 0 fully saturated rings. The van der Waals surface area contributed by atoms with Gasteiger partial charge < -0.3 is 9.84 Å². The maximum Gasteiger partial charge on any atom is 0.265 e. The predicted octanol–water partition coefficient (Wildman–Crippen LogP) is 4.02. The van der Waals surface area contributed by atoms with Gasteiger partial charge in [0.05, 0.1) is 6.10 Å². The molecule has 0 spiro atoms. The number of aryl methyl sites for hydroxylation is 2. The minimum absolute atomic E-state index is 0.0665. The highest BCUT2D eigenvalue weighted by Crippen LogP contribution is 2.22. The van der Waals surface area contributed by atoms with Gasteiger partial charge in [-0.25, -0.2) is 8.91 Å². The van der Waals surface area contributed by atoms with E-state index >= 15 is 0 Å². The molecule has 0 saturated carbocycles. The van der Waals surface area contributed by atoms with E-state index in [1.54, 1.807) is 29.6 Å². The van der Waals surface area contributed by atoms with Crippen molar-refractivity contribution in [3.8, 4) is 11.4 Å². The lowest BCUT2D eigenvalue weighted by atomic mass is 9.87. The van der Waals surface area contributed by atoms with Gasteiger partial charge in [0, 0.05) is 18.2 Å². The van der Waals surface area contributed by atoms with Gasteiger partial charge in [-0.1, -0.05) is 32.9 Å². The fraction of sp³-hybridized carbons (Fsp3) is 0.333. The second-order valence-corrected chi connectivity index (χ2v) is 9.75. The Morgan fingerprint density at radius 1 is 1.12 bits per heavy atom. The van der Waals surface area contributed by atoms with Crippen molar-refractivity contribution in [1.82, 2.24) is 9.61 Å². The van der Waals surface area contributed by atoms with Gasteiger partial charge in [0.25, 0.3) is 5.56 Å². The molecule has 1 atom stereocenters. The van der Waals surface area contributed by atoms with Crippen molar-refractivity contribution in [2.75, 3.05) is 6.61 Å². The monoisotopic (exact) mass is 464 g/mol. The highest BCUT2D eigenvalue weighted by molar-refractivity contribution is 5.43.